The quantitative estimate of drug-likeness (QED) is 0.348. The zero-order valence-corrected chi connectivity index (χ0v) is 10.5. The largest absolute Gasteiger partial charge is 0.347 e. The minimum Gasteiger partial charge on any atom is -0.347 e. The normalized spacial score (nSPS) is 18.8. The van der Waals surface area contributed by atoms with E-state index in [-0.39, 0.29) is 5.69 Å². The van der Waals surface area contributed by atoms with Crippen LogP contribution in [0.4, 0.5) is 11.4 Å². The van der Waals surface area contributed by atoms with Gasteiger partial charge in [-0.15, -0.1) is 0 Å². The molecule has 0 spiro atoms. The second-order valence-corrected chi connectivity index (χ2v) is 4.83. The number of carbonyl (C=O) groups excluding carboxylic acids is 1. The molecule has 0 amide bonds. The number of nitro benzene ring substituents is 1. The highest BCUT2D eigenvalue weighted by molar-refractivity contribution is 5.77. The zero-order chi connectivity index (χ0) is 13.5. The Balaban J connectivity index is 2.65. The molecule has 1 aromatic carbocycles. The van der Waals surface area contributed by atoms with Crippen LogP contribution in [0.15, 0.2) is 30.0 Å². The molecule has 1 heterocycles. The van der Waals surface area contributed by atoms with Gasteiger partial charge in [-0.25, -0.2) is 0 Å². The number of nitro groups is 1. The van der Waals surface area contributed by atoms with E-state index < -0.39 is 10.3 Å². The molecule has 0 fully saturated rings. The van der Waals surface area contributed by atoms with E-state index in [1.165, 1.54) is 12.1 Å². The number of anilines is 1. The molecule has 1 aliphatic rings. The minimum absolute atomic E-state index is 0.0718. The van der Waals surface area contributed by atoms with Gasteiger partial charge in [-0.3, -0.25) is 14.9 Å². The zero-order valence-electron chi connectivity index (χ0n) is 10.5. The molecule has 0 aromatic heterocycles. The Morgan fingerprint density at radius 1 is 1.39 bits per heavy atom. The number of nitrogens with zero attached hydrogens (tertiary/aromatic N) is 2. The SMILES string of the molecule is CN1C(=CC=O)C(C)(C)c2cc([N+](=O)[O-])ccc21. The van der Waals surface area contributed by atoms with Crippen molar-refractivity contribution in [3.8, 4) is 0 Å². The molecule has 94 valence electrons. The monoisotopic (exact) mass is 246 g/mol. The molecule has 5 nitrogen and oxygen atoms in total. The lowest BCUT2D eigenvalue weighted by Gasteiger charge is -2.23. The summed E-state index contributed by atoms with van der Waals surface area (Å²) in [5.74, 6) is 0. The van der Waals surface area contributed by atoms with Gasteiger partial charge in [0.1, 0.15) is 6.29 Å². The number of likely N-dealkylation sites (N-methyl/N-ethyl adjacent to an activating group) is 1. The van der Waals surface area contributed by atoms with E-state index in [0.29, 0.717) is 0 Å². The molecule has 0 unspecified atom stereocenters. The maximum atomic E-state index is 10.8. The van der Waals surface area contributed by atoms with Gasteiger partial charge < -0.3 is 4.90 Å². The van der Waals surface area contributed by atoms with Crippen molar-refractivity contribution in [2.24, 2.45) is 0 Å². The third-order valence-corrected chi connectivity index (χ3v) is 3.45. The van der Waals surface area contributed by atoms with E-state index in [1.807, 2.05) is 25.8 Å². The predicted molar refractivity (Wildman–Crippen MR) is 68.7 cm³/mol. The Bertz CT molecular complexity index is 561. The average molecular weight is 246 g/mol. The molecule has 5 heteroatoms. The maximum absolute atomic E-state index is 10.8. The highest BCUT2D eigenvalue weighted by atomic mass is 16.6. The number of rotatable bonds is 2. The fraction of sp³-hybridized carbons (Fsp3) is 0.308. The van der Waals surface area contributed by atoms with Crippen molar-refractivity contribution < 1.29 is 9.72 Å². The lowest BCUT2D eigenvalue weighted by molar-refractivity contribution is -0.384. The van der Waals surface area contributed by atoms with Crippen LogP contribution in [0.25, 0.3) is 0 Å². The van der Waals surface area contributed by atoms with Gasteiger partial charge in [-0.1, -0.05) is 13.8 Å². The number of aldehydes is 1. The number of non-ortho nitro benzene ring substituents is 1. The molecule has 0 aliphatic carbocycles. The van der Waals surface area contributed by atoms with Crippen molar-refractivity contribution in [1.29, 1.82) is 0 Å². The summed E-state index contributed by atoms with van der Waals surface area (Å²) in [6.07, 6.45) is 2.25. The number of benzene rings is 1. The first-order valence-corrected chi connectivity index (χ1v) is 5.58. The standard InChI is InChI=1S/C13H14N2O3/c1-13(2)10-8-9(15(17)18)4-5-11(10)14(3)12(13)6-7-16/h4-8H,1-3H3. The van der Waals surface area contributed by atoms with Crippen molar-refractivity contribution in [1.82, 2.24) is 0 Å². The van der Waals surface area contributed by atoms with E-state index in [1.54, 1.807) is 12.1 Å². The first kappa shape index (κ1) is 12.3. The average Bonchev–Trinajstić information content (AvgIpc) is 2.51. The lowest BCUT2D eigenvalue weighted by Crippen LogP contribution is -2.23. The third-order valence-electron chi connectivity index (χ3n) is 3.45. The summed E-state index contributed by atoms with van der Waals surface area (Å²) in [4.78, 5) is 23.0. The van der Waals surface area contributed by atoms with E-state index in [4.69, 9.17) is 0 Å². The molecular weight excluding hydrogens is 232 g/mol. The number of allylic oxidation sites excluding steroid dienone is 2. The summed E-state index contributed by atoms with van der Waals surface area (Å²) in [6.45, 7) is 3.91. The van der Waals surface area contributed by atoms with E-state index >= 15 is 0 Å². The first-order chi connectivity index (χ1) is 8.39. The smallest absolute Gasteiger partial charge is 0.269 e. The Hall–Kier alpha value is -2.17. The summed E-state index contributed by atoms with van der Waals surface area (Å²) >= 11 is 0. The lowest BCUT2D eigenvalue weighted by atomic mass is 9.83. The summed E-state index contributed by atoms with van der Waals surface area (Å²) in [5, 5.41) is 10.8. The van der Waals surface area contributed by atoms with Crippen molar-refractivity contribution in [3.05, 3.63) is 45.6 Å². The van der Waals surface area contributed by atoms with Crippen LogP contribution < -0.4 is 4.90 Å². The highest BCUT2D eigenvalue weighted by Crippen LogP contribution is 2.47. The molecule has 0 saturated carbocycles. The third kappa shape index (κ3) is 1.59. The van der Waals surface area contributed by atoms with Gasteiger partial charge in [0.2, 0.25) is 0 Å². The molecular formula is C13H14N2O3. The Kier molecular flexibility index (Phi) is 2.69. The van der Waals surface area contributed by atoms with Crippen LogP contribution in [0, 0.1) is 10.1 Å². The van der Waals surface area contributed by atoms with Gasteiger partial charge in [0, 0.05) is 36.0 Å². The number of hydrogen-bond acceptors (Lipinski definition) is 4. The number of hydrogen-bond donors (Lipinski definition) is 0. The van der Waals surface area contributed by atoms with Gasteiger partial charge in [-0.2, -0.15) is 0 Å². The molecule has 0 atom stereocenters. The van der Waals surface area contributed by atoms with Gasteiger partial charge in [0.25, 0.3) is 5.69 Å². The molecule has 1 aliphatic heterocycles. The summed E-state index contributed by atoms with van der Waals surface area (Å²) in [5.41, 5.74) is 2.28. The second-order valence-electron chi connectivity index (χ2n) is 4.83. The summed E-state index contributed by atoms with van der Waals surface area (Å²) < 4.78 is 0. The van der Waals surface area contributed by atoms with E-state index in [0.717, 1.165) is 23.2 Å². The van der Waals surface area contributed by atoms with Gasteiger partial charge >= 0.3 is 0 Å². The van der Waals surface area contributed by atoms with Crippen LogP contribution in [0.3, 0.4) is 0 Å². The van der Waals surface area contributed by atoms with Crippen molar-refractivity contribution in [3.63, 3.8) is 0 Å². The first-order valence-electron chi connectivity index (χ1n) is 5.58. The summed E-state index contributed by atoms with van der Waals surface area (Å²) in [7, 11) is 1.86. The maximum Gasteiger partial charge on any atom is 0.269 e. The van der Waals surface area contributed by atoms with Crippen LogP contribution in [0.2, 0.25) is 0 Å². The molecule has 18 heavy (non-hydrogen) atoms. The Labute approximate surface area is 105 Å². The molecule has 2 rings (SSSR count). The van der Waals surface area contributed by atoms with Gasteiger partial charge in [0.05, 0.1) is 4.92 Å². The van der Waals surface area contributed by atoms with Crippen LogP contribution in [0.5, 0.6) is 0 Å². The van der Waals surface area contributed by atoms with Gasteiger partial charge in [0.15, 0.2) is 0 Å². The fourth-order valence-corrected chi connectivity index (χ4v) is 2.50. The van der Waals surface area contributed by atoms with E-state index in [2.05, 4.69) is 0 Å². The number of carbonyl (C=O) groups is 1. The van der Waals surface area contributed by atoms with Crippen molar-refractivity contribution >= 4 is 17.7 Å². The molecule has 1 aromatic rings. The Morgan fingerprint density at radius 3 is 2.61 bits per heavy atom. The van der Waals surface area contributed by atoms with Gasteiger partial charge in [-0.05, 0) is 17.7 Å². The second kappa shape index (κ2) is 3.94. The van der Waals surface area contributed by atoms with Crippen LogP contribution in [-0.4, -0.2) is 18.3 Å². The highest BCUT2D eigenvalue weighted by Gasteiger charge is 2.39. The van der Waals surface area contributed by atoms with Crippen LogP contribution >= 0.6 is 0 Å². The van der Waals surface area contributed by atoms with Crippen LogP contribution in [-0.2, 0) is 10.2 Å². The molecule has 0 N–H and O–H groups in total. The fourth-order valence-electron chi connectivity index (χ4n) is 2.50. The minimum atomic E-state index is -0.406. The topological polar surface area (TPSA) is 63.5 Å². The van der Waals surface area contributed by atoms with Crippen LogP contribution in [0.1, 0.15) is 19.4 Å². The molecule has 0 radical (unpaired) electrons. The number of fused-ring (bicyclic) bond motifs is 1. The molecule has 0 bridgehead atoms. The predicted octanol–water partition coefficient (Wildman–Crippen LogP) is 2.41. The molecule has 0 saturated heterocycles. The summed E-state index contributed by atoms with van der Waals surface area (Å²) in [6, 6.07) is 4.79. The van der Waals surface area contributed by atoms with E-state index in [9.17, 15) is 14.9 Å². The Morgan fingerprint density at radius 2 is 2.06 bits per heavy atom. The van der Waals surface area contributed by atoms with Crippen molar-refractivity contribution in [2.45, 2.75) is 19.3 Å². The van der Waals surface area contributed by atoms with Crippen molar-refractivity contribution in [2.75, 3.05) is 11.9 Å².